The Morgan fingerprint density at radius 3 is 2.15 bits per heavy atom. The molecule has 41 heavy (non-hydrogen) atoms. The van der Waals surface area contributed by atoms with Crippen LogP contribution in [-0.2, 0) is 14.3 Å². The van der Waals surface area contributed by atoms with E-state index in [-0.39, 0.29) is 17.7 Å². The zero-order valence-electron chi connectivity index (χ0n) is 25.9. The number of anilines is 1. The quantitative estimate of drug-likeness (QED) is 0.248. The van der Waals surface area contributed by atoms with E-state index in [4.69, 9.17) is 9.47 Å². The number of hydrogen-bond donors (Lipinski definition) is 3. The second-order valence-corrected chi connectivity index (χ2v) is 12.2. The van der Waals surface area contributed by atoms with Gasteiger partial charge in [-0.05, 0) is 101 Å². The summed E-state index contributed by atoms with van der Waals surface area (Å²) in [6, 6.07) is 10.5. The first-order chi connectivity index (χ1) is 19.2. The molecular formula is C32H47N3O5S. The summed E-state index contributed by atoms with van der Waals surface area (Å²) in [7, 11) is 1.58. The average Bonchev–Trinajstić information content (AvgIpc) is 2.89. The van der Waals surface area contributed by atoms with Crippen molar-refractivity contribution >= 4 is 36.2 Å². The van der Waals surface area contributed by atoms with Gasteiger partial charge in [0.05, 0.1) is 7.11 Å². The smallest absolute Gasteiger partial charge is 0.408 e. The van der Waals surface area contributed by atoms with Crippen LogP contribution in [0.15, 0.2) is 42.5 Å². The van der Waals surface area contributed by atoms with E-state index in [1.54, 1.807) is 57.0 Å². The fraction of sp³-hybridized carbons (Fsp3) is 0.531. The zero-order chi connectivity index (χ0) is 30.9. The number of carbonyl (C=O) groups is 3. The lowest BCUT2D eigenvalue weighted by Crippen LogP contribution is -2.55. The average molecular weight is 586 g/mol. The van der Waals surface area contributed by atoms with Crippen LogP contribution >= 0.6 is 12.6 Å². The number of rotatable bonds is 12. The number of nitrogens with zero attached hydrogens (tertiary/aromatic N) is 1. The summed E-state index contributed by atoms with van der Waals surface area (Å²) < 4.78 is 10.7. The van der Waals surface area contributed by atoms with Crippen molar-refractivity contribution in [1.82, 2.24) is 10.2 Å². The van der Waals surface area contributed by atoms with Gasteiger partial charge in [-0.15, -0.1) is 0 Å². The first-order valence-electron chi connectivity index (χ1n) is 14.1. The van der Waals surface area contributed by atoms with Crippen LogP contribution in [0.4, 0.5) is 10.5 Å². The van der Waals surface area contributed by atoms with E-state index >= 15 is 0 Å². The first-order valence-corrected chi connectivity index (χ1v) is 14.7. The molecule has 0 saturated heterocycles. The zero-order valence-corrected chi connectivity index (χ0v) is 26.8. The molecule has 3 atom stereocenters. The molecular weight excluding hydrogens is 538 g/mol. The van der Waals surface area contributed by atoms with Gasteiger partial charge >= 0.3 is 6.09 Å². The molecule has 0 heterocycles. The van der Waals surface area contributed by atoms with Gasteiger partial charge in [-0.3, -0.25) is 9.59 Å². The van der Waals surface area contributed by atoms with Crippen LogP contribution in [0.25, 0.3) is 0 Å². The fourth-order valence-electron chi connectivity index (χ4n) is 4.50. The molecule has 3 unspecified atom stereocenters. The fourth-order valence-corrected chi connectivity index (χ4v) is 4.75. The Labute approximate surface area is 251 Å². The lowest BCUT2D eigenvalue weighted by atomic mass is 9.93. The minimum absolute atomic E-state index is 0.0328. The van der Waals surface area contributed by atoms with E-state index in [0.717, 1.165) is 23.1 Å². The summed E-state index contributed by atoms with van der Waals surface area (Å²) in [5.74, 6) is 0.340. The maximum Gasteiger partial charge on any atom is 0.408 e. The van der Waals surface area contributed by atoms with Gasteiger partial charge < -0.3 is 25.0 Å². The predicted octanol–water partition coefficient (Wildman–Crippen LogP) is 6.47. The third kappa shape index (κ3) is 9.99. The van der Waals surface area contributed by atoms with Crippen molar-refractivity contribution in [2.75, 3.05) is 18.2 Å². The van der Waals surface area contributed by atoms with E-state index in [1.807, 2.05) is 39.0 Å². The number of ether oxygens (including phenoxy) is 2. The normalized spacial score (nSPS) is 13.6. The topological polar surface area (TPSA) is 97.0 Å². The summed E-state index contributed by atoms with van der Waals surface area (Å²) in [6.07, 6.45) is 0.813. The van der Waals surface area contributed by atoms with E-state index in [2.05, 4.69) is 37.1 Å². The molecule has 2 aromatic carbocycles. The van der Waals surface area contributed by atoms with Crippen LogP contribution in [-0.4, -0.2) is 53.4 Å². The lowest BCUT2D eigenvalue weighted by Gasteiger charge is -2.39. The molecule has 0 spiro atoms. The van der Waals surface area contributed by atoms with Gasteiger partial charge in [0, 0.05) is 17.5 Å². The van der Waals surface area contributed by atoms with E-state index in [0.29, 0.717) is 23.8 Å². The molecule has 0 aromatic heterocycles. The molecule has 2 rings (SSSR count). The predicted molar refractivity (Wildman–Crippen MR) is 168 cm³/mol. The number of hydrogen-bond acceptors (Lipinski definition) is 6. The maximum absolute atomic E-state index is 14.3. The van der Waals surface area contributed by atoms with Crippen molar-refractivity contribution in [3.63, 3.8) is 0 Å². The first kappa shape index (κ1) is 34.0. The molecule has 0 radical (unpaired) electrons. The minimum atomic E-state index is -1.00. The van der Waals surface area contributed by atoms with Gasteiger partial charge in [-0.25, -0.2) is 4.79 Å². The molecule has 8 nitrogen and oxygen atoms in total. The Morgan fingerprint density at radius 2 is 1.61 bits per heavy atom. The molecule has 0 aliphatic heterocycles. The second kappa shape index (κ2) is 15.1. The summed E-state index contributed by atoms with van der Waals surface area (Å²) >= 11 is 4.40. The highest BCUT2D eigenvalue weighted by atomic mass is 32.1. The SMILES string of the molecule is COc1ccc(NC(=O)C(c2cccc(C)c2C)N(C(=O)C(CS)NC(=O)OC(C)(C)C)C(C)CCC(C)C)cc1. The van der Waals surface area contributed by atoms with E-state index in [9.17, 15) is 14.4 Å². The second-order valence-electron chi connectivity index (χ2n) is 11.9. The van der Waals surface area contributed by atoms with Crippen LogP contribution in [0.1, 0.15) is 77.1 Å². The van der Waals surface area contributed by atoms with Crippen LogP contribution in [0.3, 0.4) is 0 Å². The Balaban J connectivity index is 2.61. The molecule has 0 aliphatic carbocycles. The number of methoxy groups -OCH3 is 1. The van der Waals surface area contributed by atoms with Crippen molar-refractivity contribution in [3.05, 3.63) is 59.2 Å². The third-order valence-corrected chi connectivity index (χ3v) is 7.25. The molecule has 9 heteroatoms. The molecule has 3 amide bonds. The number of thiol groups is 1. The van der Waals surface area contributed by atoms with Crippen LogP contribution in [0, 0.1) is 19.8 Å². The van der Waals surface area contributed by atoms with Crippen molar-refractivity contribution in [1.29, 1.82) is 0 Å². The van der Waals surface area contributed by atoms with Crippen molar-refractivity contribution in [3.8, 4) is 5.75 Å². The van der Waals surface area contributed by atoms with Gasteiger partial charge in [-0.1, -0.05) is 32.0 Å². The Morgan fingerprint density at radius 1 is 0.976 bits per heavy atom. The summed E-state index contributed by atoms with van der Waals surface area (Å²) in [6.45, 7) is 15.4. The molecule has 2 aromatic rings. The monoisotopic (exact) mass is 585 g/mol. The highest BCUT2D eigenvalue weighted by molar-refractivity contribution is 7.80. The van der Waals surface area contributed by atoms with Crippen LogP contribution < -0.4 is 15.4 Å². The van der Waals surface area contributed by atoms with Crippen LogP contribution in [0.5, 0.6) is 5.75 Å². The maximum atomic E-state index is 14.3. The highest BCUT2D eigenvalue weighted by Crippen LogP contribution is 2.32. The number of alkyl carbamates (subject to hydrolysis) is 1. The Hall–Kier alpha value is -3.20. The number of amides is 3. The van der Waals surface area contributed by atoms with E-state index < -0.39 is 29.7 Å². The highest BCUT2D eigenvalue weighted by Gasteiger charge is 2.39. The minimum Gasteiger partial charge on any atom is -0.497 e. The van der Waals surface area contributed by atoms with Gasteiger partial charge in [0.15, 0.2) is 0 Å². The lowest BCUT2D eigenvalue weighted by molar-refractivity contribution is -0.143. The standard InChI is InChI=1S/C32H47N3O5S/c1-20(2)13-14-22(4)35(30(37)27(19-41)34-31(38)40-32(6,7)8)28(26-12-10-11-21(3)23(26)5)29(36)33-24-15-17-25(39-9)18-16-24/h10-12,15-18,20,22,27-28,41H,13-14,19H2,1-9H3,(H,33,36)(H,34,38). The number of nitrogens with one attached hydrogen (secondary N) is 2. The Kier molecular flexibility index (Phi) is 12.6. The number of benzene rings is 2. The van der Waals surface area contributed by atoms with Crippen molar-refractivity contribution < 1.29 is 23.9 Å². The number of aryl methyl sites for hydroxylation is 1. The van der Waals surface area contributed by atoms with Crippen LogP contribution in [0.2, 0.25) is 0 Å². The van der Waals surface area contributed by atoms with Crippen molar-refractivity contribution in [2.45, 2.75) is 92.0 Å². The van der Waals surface area contributed by atoms with Gasteiger partial charge in [0.2, 0.25) is 5.91 Å². The third-order valence-electron chi connectivity index (χ3n) is 6.89. The van der Waals surface area contributed by atoms with Gasteiger partial charge in [-0.2, -0.15) is 12.6 Å². The molecule has 0 aliphatic rings. The molecule has 0 bridgehead atoms. The van der Waals surface area contributed by atoms with Gasteiger partial charge in [0.1, 0.15) is 23.4 Å². The Bertz CT molecular complexity index is 1180. The molecule has 0 saturated carbocycles. The molecule has 0 fully saturated rings. The van der Waals surface area contributed by atoms with E-state index in [1.165, 1.54) is 0 Å². The van der Waals surface area contributed by atoms with Gasteiger partial charge in [0.25, 0.3) is 5.91 Å². The van der Waals surface area contributed by atoms with Crippen molar-refractivity contribution in [2.24, 2.45) is 5.92 Å². The molecule has 226 valence electrons. The summed E-state index contributed by atoms with van der Waals surface area (Å²) in [5, 5.41) is 5.69. The summed E-state index contributed by atoms with van der Waals surface area (Å²) in [4.78, 5) is 42.8. The number of carbonyl (C=O) groups excluding carboxylic acids is 3. The summed E-state index contributed by atoms with van der Waals surface area (Å²) in [5.41, 5.74) is 2.48. The molecule has 2 N–H and O–H groups in total. The largest absolute Gasteiger partial charge is 0.497 e.